The van der Waals surface area contributed by atoms with Crippen LogP contribution < -0.4 is 10.0 Å². The van der Waals surface area contributed by atoms with E-state index in [4.69, 9.17) is 0 Å². The van der Waals surface area contributed by atoms with E-state index in [1.807, 2.05) is 0 Å². The first-order valence-corrected chi connectivity index (χ1v) is 9.34. The molecule has 0 fully saturated rings. The Morgan fingerprint density at radius 2 is 1.76 bits per heavy atom. The Morgan fingerprint density at radius 1 is 1.16 bits per heavy atom. The molecule has 0 saturated carbocycles. The highest BCUT2D eigenvalue weighted by atomic mass is 32.2. The molecular formula is C17H21N3O4S. The molecular weight excluding hydrogens is 342 g/mol. The van der Waals surface area contributed by atoms with Crippen molar-refractivity contribution in [2.45, 2.75) is 25.7 Å². The fourth-order valence-electron chi connectivity index (χ4n) is 2.43. The molecule has 0 unspecified atom stereocenters. The summed E-state index contributed by atoms with van der Waals surface area (Å²) in [6.45, 7) is 6.01. The second kappa shape index (κ2) is 7.62. The maximum absolute atomic E-state index is 12.7. The van der Waals surface area contributed by atoms with Crippen molar-refractivity contribution >= 4 is 21.6 Å². The number of hydrogen-bond donors (Lipinski definition) is 1. The third-order valence-corrected chi connectivity index (χ3v) is 6.03. The maximum Gasteiger partial charge on any atom is 0.256 e. The minimum atomic E-state index is -3.62. The van der Waals surface area contributed by atoms with Crippen LogP contribution in [-0.4, -0.2) is 31.7 Å². The summed E-state index contributed by atoms with van der Waals surface area (Å²) in [7, 11) is -3.62. The van der Waals surface area contributed by atoms with Crippen LogP contribution in [-0.2, 0) is 10.0 Å². The van der Waals surface area contributed by atoms with Gasteiger partial charge in [0.15, 0.2) is 12.4 Å². The van der Waals surface area contributed by atoms with Gasteiger partial charge in [-0.1, -0.05) is 19.9 Å². The molecule has 0 atom stereocenters. The van der Waals surface area contributed by atoms with E-state index in [0.29, 0.717) is 34.6 Å². The lowest BCUT2D eigenvalue weighted by Crippen LogP contribution is -2.31. The van der Waals surface area contributed by atoms with Crippen LogP contribution in [0.25, 0.3) is 0 Å². The number of carbonyl (C=O) groups excluding carboxylic acids is 1. The summed E-state index contributed by atoms with van der Waals surface area (Å²) in [4.78, 5) is 12.4. The topological polar surface area (TPSA) is 93.4 Å². The molecule has 0 saturated heterocycles. The zero-order valence-corrected chi connectivity index (χ0v) is 15.2. The number of nitrogens with one attached hydrogen (secondary N) is 1. The Labute approximate surface area is 147 Å². The van der Waals surface area contributed by atoms with Gasteiger partial charge in [0, 0.05) is 30.9 Å². The van der Waals surface area contributed by atoms with E-state index < -0.39 is 15.9 Å². The highest BCUT2D eigenvalue weighted by molar-refractivity contribution is 7.89. The fraction of sp³-hybridized carbons (Fsp3) is 0.294. The van der Waals surface area contributed by atoms with Crippen LogP contribution in [0.15, 0.2) is 47.6 Å². The number of pyridine rings is 1. The van der Waals surface area contributed by atoms with Gasteiger partial charge in [-0.15, -0.1) is 0 Å². The molecule has 0 spiro atoms. The van der Waals surface area contributed by atoms with Crippen molar-refractivity contribution in [3.05, 3.63) is 59.1 Å². The van der Waals surface area contributed by atoms with Gasteiger partial charge in [0.05, 0.1) is 10.5 Å². The van der Waals surface area contributed by atoms with Crippen LogP contribution in [0.4, 0.5) is 5.69 Å². The van der Waals surface area contributed by atoms with Crippen molar-refractivity contribution in [1.29, 1.82) is 0 Å². The quantitative estimate of drug-likeness (QED) is 0.627. The molecule has 2 aromatic rings. The number of aryl methyl sites for hydroxylation is 1. The summed E-state index contributed by atoms with van der Waals surface area (Å²) in [6, 6.07) is 7.54. The summed E-state index contributed by atoms with van der Waals surface area (Å²) >= 11 is 0. The van der Waals surface area contributed by atoms with Gasteiger partial charge in [-0.05, 0) is 24.6 Å². The zero-order chi connectivity index (χ0) is 18.6. The van der Waals surface area contributed by atoms with Crippen LogP contribution in [0, 0.1) is 12.1 Å². The highest BCUT2D eigenvalue weighted by Crippen LogP contribution is 2.24. The molecule has 1 heterocycles. The molecule has 1 aromatic carbocycles. The summed E-state index contributed by atoms with van der Waals surface area (Å²) in [5, 5.41) is 13.7. The number of sulfonamides is 1. The number of rotatable bonds is 6. The highest BCUT2D eigenvalue weighted by Gasteiger charge is 2.24. The molecule has 1 N–H and O–H groups in total. The van der Waals surface area contributed by atoms with Gasteiger partial charge in [-0.2, -0.15) is 9.04 Å². The molecule has 0 aliphatic heterocycles. The molecule has 1 aromatic heterocycles. The van der Waals surface area contributed by atoms with Gasteiger partial charge in [0.2, 0.25) is 10.0 Å². The maximum atomic E-state index is 12.7. The van der Waals surface area contributed by atoms with E-state index in [1.54, 1.807) is 32.9 Å². The first-order chi connectivity index (χ1) is 11.8. The molecule has 1 amide bonds. The van der Waals surface area contributed by atoms with Gasteiger partial charge in [-0.3, -0.25) is 4.79 Å². The summed E-state index contributed by atoms with van der Waals surface area (Å²) in [5.41, 5.74) is 1.29. The van der Waals surface area contributed by atoms with E-state index >= 15 is 0 Å². The van der Waals surface area contributed by atoms with Crippen molar-refractivity contribution in [3.63, 3.8) is 0 Å². The minimum Gasteiger partial charge on any atom is -0.619 e. The van der Waals surface area contributed by atoms with Crippen LogP contribution in [0.2, 0.25) is 0 Å². The van der Waals surface area contributed by atoms with Gasteiger partial charge >= 0.3 is 0 Å². The standard InChI is InChI=1S/C17H21N3O4S/c1-4-20(5-2)25(23,24)16-12-15(7-6-13(16)3)18-17(21)14-8-10-19(22)11-9-14/h6-12H,4-5H2,1-3H3,(H,18,21). The van der Waals surface area contributed by atoms with Crippen LogP contribution in [0.3, 0.4) is 0 Å². The molecule has 8 heteroatoms. The molecule has 0 aliphatic rings. The first-order valence-electron chi connectivity index (χ1n) is 7.90. The molecule has 2 rings (SSSR count). The van der Waals surface area contributed by atoms with E-state index in [-0.39, 0.29) is 4.90 Å². The van der Waals surface area contributed by atoms with Gasteiger partial charge in [0.1, 0.15) is 0 Å². The number of benzene rings is 1. The second-order valence-corrected chi connectivity index (χ2v) is 7.38. The largest absolute Gasteiger partial charge is 0.619 e. The lowest BCUT2D eigenvalue weighted by Gasteiger charge is -2.20. The Morgan fingerprint density at radius 3 is 2.32 bits per heavy atom. The molecule has 7 nitrogen and oxygen atoms in total. The van der Waals surface area contributed by atoms with Crippen LogP contribution in [0.5, 0.6) is 0 Å². The lowest BCUT2D eigenvalue weighted by molar-refractivity contribution is -0.605. The normalized spacial score (nSPS) is 11.5. The van der Waals surface area contributed by atoms with Crippen LogP contribution in [0.1, 0.15) is 29.8 Å². The average molecular weight is 363 g/mol. The first kappa shape index (κ1) is 18.9. The second-order valence-electron chi connectivity index (χ2n) is 5.47. The van der Waals surface area contributed by atoms with E-state index in [9.17, 15) is 18.4 Å². The zero-order valence-electron chi connectivity index (χ0n) is 14.4. The minimum absolute atomic E-state index is 0.166. The van der Waals surface area contributed by atoms with Crippen molar-refractivity contribution in [2.75, 3.05) is 18.4 Å². The lowest BCUT2D eigenvalue weighted by atomic mass is 10.2. The molecule has 0 bridgehead atoms. The Balaban J connectivity index is 2.33. The van der Waals surface area contributed by atoms with E-state index in [2.05, 4.69) is 5.32 Å². The molecule has 134 valence electrons. The number of aromatic nitrogens is 1. The Hall–Kier alpha value is -2.45. The third-order valence-electron chi connectivity index (χ3n) is 3.83. The summed E-state index contributed by atoms with van der Waals surface area (Å²) in [5.74, 6) is -0.421. The number of anilines is 1. The van der Waals surface area contributed by atoms with Gasteiger partial charge < -0.3 is 10.5 Å². The Bertz CT molecular complexity index is 860. The summed E-state index contributed by atoms with van der Waals surface area (Å²) in [6.07, 6.45) is 2.45. The Kier molecular flexibility index (Phi) is 5.76. The summed E-state index contributed by atoms with van der Waals surface area (Å²) < 4.78 is 27.4. The van der Waals surface area contributed by atoms with Gasteiger partial charge in [-0.25, -0.2) is 8.42 Å². The molecule has 0 aliphatic carbocycles. The van der Waals surface area contributed by atoms with Crippen LogP contribution >= 0.6 is 0 Å². The molecule has 25 heavy (non-hydrogen) atoms. The van der Waals surface area contributed by atoms with E-state index in [0.717, 1.165) is 0 Å². The number of nitrogens with zero attached hydrogens (tertiary/aromatic N) is 2. The smallest absolute Gasteiger partial charge is 0.256 e. The van der Waals surface area contributed by atoms with Crippen molar-refractivity contribution < 1.29 is 17.9 Å². The SMILES string of the molecule is CCN(CC)S(=O)(=O)c1cc(NC(=O)c2cc[n+]([O-])cc2)ccc1C. The number of amides is 1. The average Bonchev–Trinajstić information content (AvgIpc) is 2.57. The van der Waals surface area contributed by atoms with Crippen molar-refractivity contribution in [2.24, 2.45) is 0 Å². The third kappa shape index (κ3) is 4.15. The predicted octanol–water partition coefficient (Wildman–Crippen LogP) is 1.91. The van der Waals surface area contributed by atoms with Crippen molar-refractivity contribution in [1.82, 2.24) is 4.31 Å². The fourth-order valence-corrected chi connectivity index (χ4v) is 4.13. The molecule has 0 radical (unpaired) electrons. The van der Waals surface area contributed by atoms with E-state index in [1.165, 1.54) is 34.9 Å². The van der Waals surface area contributed by atoms with Crippen molar-refractivity contribution in [3.8, 4) is 0 Å². The predicted molar refractivity (Wildman–Crippen MR) is 94.6 cm³/mol. The van der Waals surface area contributed by atoms with Gasteiger partial charge in [0.25, 0.3) is 5.91 Å². The monoisotopic (exact) mass is 363 g/mol. The number of carbonyl (C=O) groups is 1. The number of hydrogen-bond acceptors (Lipinski definition) is 4.